The van der Waals surface area contributed by atoms with Crippen molar-refractivity contribution in [2.45, 2.75) is 57.2 Å². The highest BCUT2D eigenvalue weighted by Gasteiger charge is 2.35. The Morgan fingerprint density at radius 3 is 2.90 bits per heavy atom. The summed E-state index contributed by atoms with van der Waals surface area (Å²) in [4.78, 5) is 4.48. The van der Waals surface area contributed by atoms with Crippen LogP contribution in [0.25, 0.3) is 0 Å². The molecule has 0 saturated carbocycles. The quantitative estimate of drug-likeness (QED) is 0.875. The Morgan fingerprint density at radius 1 is 1.50 bits per heavy atom. The van der Waals surface area contributed by atoms with Crippen LogP contribution in [0.4, 0.5) is 0 Å². The Hall–Kier alpha value is -0.460. The monoisotopic (exact) mass is 316 g/mol. The molecule has 1 aromatic heterocycles. The standard InChI is InChI=1S/C14H24N2O2S2/c1-3-7-15-13(9-12-10-19-11(2)16-12)14-6-4-5-8-20(14,17)18/h10,13-15H,3-9H2,1-2H3. The number of nitrogens with zero attached hydrogens (tertiary/aromatic N) is 1. The van der Waals surface area contributed by atoms with E-state index in [0.29, 0.717) is 12.2 Å². The van der Waals surface area contributed by atoms with E-state index in [1.807, 2.05) is 12.3 Å². The van der Waals surface area contributed by atoms with E-state index in [9.17, 15) is 8.42 Å². The van der Waals surface area contributed by atoms with E-state index < -0.39 is 9.84 Å². The highest BCUT2D eigenvalue weighted by molar-refractivity contribution is 7.92. The van der Waals surface area contributed by atoms with Gasteiger partial charge in [-0.2, -0.15) is 0 Å². The van der Waals surface area contributed by atoms with Gasteiger partial charge in [0.05, 0.1) is 21.7 Å². The van der Waals surface area contributed by atoms with Gasteiger partial charge in [0.1, 0.15) is 0 Å². The summed E-state index contributed by atoms with van der Waals surface area (Å²) in [6.45, 7) is 4.95. The average Bonchev–Trinajstić information content (AvgIpc) is 2.80. The maximum atomic E-state index is 12.3. The van der Waals surface area contributed by atoms with E-state index >= 15 is 0 Å². The van der Waals surface area contributed by atoms with Crippen molar-refractivity contribution < 1.29 is 8.42 Å². The number of hydrogen-bond acceptors (Lipinski definition) is 5. The lowest BCUT2D eigenvalue weighted by Gasteiger charge is -2.30. The molecule has 1 aromatic rings. The third-order valence-electron chi connectivity index (χ3n) is 3.83. The summed E-state index contributed by atoms with van der Waals surface area (Å²) < 4.78 is 24.6. The van der Waals surface area contributed by atoms with Gasteiger partial charge in [0.25, 0.3) is 0 Å². The van der Waals surface area contributed by atoms with Crippen molar-refractivity contribution in [3.05, 3.63) is 16.1 Å². The summed E-state index contributed by atoms with van der Waals surface area (Å²) >= 11 is 1.63. The summed E-state index contributed by atoms with van der Waals surface area (Å²) in [6, 6.07) is 0.00162. The summed E-state index contributed by atoms with van der Waals surface area (Å²) in [7, 11) is -2.95. The van der Waals surface area contributed by atoms with E-state index in [2.05, 4.69) is 17.2 Å². The number of hydrogen-bond donors (Lipinski definition) is 1. The molecule has 2 heterocycles. The van der Waals surface area contributed by atoms with Gasteiger partial charge in [0.2, 0.25) is 0 Å². The molecule has 4 nitrogen and oxygen atoms in total. The number of sulfone groups is 1. The molecule has 6 heteroatoms. The Kier molecular flexibility index (Phi) is 5.57. The lowest BCUT2D eigenvalue weighted by atomic mass is 10.0. The molecule has 1 aliphatic rings. The van der Waals surface area contributed by atoms with Gasteiger partial charge >= 0.3 is 0 Å². The fraction of sp³-hybridized carbons (Fsp3) is 0.786. The summed E-state index contributed by atoms with van der Waals surface area (Å²) in [5.41, 5.74) is 1.02. The first-order valence-electron chi connectivity index (χ1n) is 7.39. The predicted molar refractivity (Wildman–Crippen MR) is 84.1 cm³/mol. The second-order valence-electron chi connectivity index (χ2n) is 5.52. The molecule has 2 unspecified atom stereocenters. The molecule has 0 amide bonds. The number of thiazole rings is 1. The van der Waals surface area contributed by atoms with Gasteiger partial charge in [-0.1, -0.05) is 13.3 Å². The number of rotatable bonds is 6. The Balaban J connectivity index is 2.13. The van der Waals surface area contributed by atoms with Gasteiger partial charge < -0.3 is 5.32 Å². The van der Waals surface area contributed by atoms with E-state index in [4.69, 9.17) is 0 Å². The van der Waals surface area contributed by atoms with Crippen molar-refractivity contribution in [2.75, 3.05) is 12.3 Å². The molecule has 0 radical (unpaired) electrons. The largest absolute Gasteiger partial charge is 0.312 e. The molecule has 1 fully saturated rings. The lowest BCUT2D eigenvalue weighted by molar-refractivity contribution is 0.431. The van der Waals surface area contributed by atoms with E-state index in [1.54, 1.807) is 11.3 Å². The van der Waals surface area contributed by atoms with Crippen LogP contribution in [0, 0.1) is 6.92 Å². The van der Waals surface area contributed by atoms with Gasteiger partial charge in [-0.25, -0.2) is 13.4 Å². The SMILES string of the molecule is CCCNC(Cc1csc(C)n1)C1CCCCS1(=O)=O. The van der Waals surface area contributed by atoms with Crippen LogP contribution in [0.3, 0.4) is 0 Å². The third-order valence-corrected chi connectivity index (χ3v) is 7.00. The second kappa shape index (κ2) is 7.00. The van der Waals surface area contributed by atoms with Gasteiger partial charge in [-0.3, -0.25) is 0 Å². The minimum atomic E-state index is -2.95. The van der Waals surface area contributed by atoms with Gasteiger partial charge in [0.15, 0.2) is 9.84 Å². The number of aryl methyl sites for hydroxylation is 1. The van der Waals surface area contributed by atoms with Crippen molar-refractivity contribution in [2.24, 2.45) is 0 Å². The summed E-state index contributed by atoms with van der Waals surface area (Å²) in [5.74, 6) is 0.345. The van der Waals surface area contributed by atoms with Crippen LogP contribution in [0.1, 0.15) is 43.3 Å². The van der Waals surface area contributed by atoms with Crippen LogP contribution in [0.15, 0.2) is 5.38 Å². The molecular weight excluding hydrogens is 292 g/mol. The third kappa shape index (κ3) is 4.02. The van der Waals surface area contributed by atoms with Crippen LogP contribution >= 0.6 is 11.3 Å². The zero-order chi connectivity index (χ0) is 14.6. The first kappa shape index (κ1) is 15.9. The van der Waals surface area contributed by atoms with E-state index in [-0.39, 0.29) is 11.3 Å². The zero-order valence-electron chi connectivity index (χ0n) is 12.3. The minimum absolute atomic E-state index is 0.00162. The molecule has 2 rings (SSSR count). The zero-order valence-corrected chi connectivity index (χ0v) is 13.9. The Bertz CT molecular complexity index is 525. The molecule has 0 spiro atoms. The minimum Gasteiger partial charge on any atom is -0.312 e. The summed E-state index contributed by atoms with van der Waals surface area (Å²) in [6.07, 6.45) is 4.35. The molecule has 1 N–H and O–H groups in total. The Labute approximate surface area is 125 Å². The molecule has 0 bridgehead atoms. The average molecular weight is 316 g/mol. The number of nitrogens with one attached hydrogen (secondary N) is 1. The molecular formula is C14H24N2O2S2. The van der Waals surface area contributed by atoms with Crippen LogP contribution in [0.2, 0.25) is 0 Å². The first-order valence-corrected chi connectivity index (χ1v) is 9.98. The molecule has 114 valence electrons. The first-order chi connectivity index (χ1) is 9.53. The molecule has 20 heavy (non-hydrogen) atoms. The second-order valence-corrected chi connectivity index (χ2v) is 8.93. The van der Waals surface area contributed by atoms with Crippen molar-refractivity contribution in [1.29, 1.82) is 0 Å². The van der Waals surface area contributed by atoms with E-state index in [0.717, 1.165) is 42.9 Å². The van der Waals surface area contributed by atoms with E-state index in [1.165, 1.54) is 0 Å². The van der Waals surface area contributed by atoms with Crippen LogP contribution in [-0.4, -0.2) is 37.0 Å². The van der Waals surface area contributed by atoms with Crippen molar-refractivity contribution in [3.63, 3.8) is 0 Å². The molecule has 0 aliphatic carbocycles. The maximum Gasteiger partial charge on any atom is 0.154 e. The molecule has 2 atom stereocenters. The highest BCUT2D eigenvalue weighted by atomic mass is 32.2. The Morgan fingerprint density at radius 2 is 2.30 bits per heavy atom. The highest BCUT2D eigenvalue weighted by Crippen LogP contribution is 2.24. The van der Waals surface area contributed by atoms with Gasteiger partial charge in [-0.15, -0.1) is 11.3 Å². The van der Waals surface area contributed by atoms with Crippen molar-refractivity contribution >= 4 is 21.2 Å². The fourth-order valence-corrected chi connectivity index (χ4v) is 5.58. The predicted octanol–water partition coefficient (Wildman–Crippen LogP) is 2.33. The van der Waals surface area contributed by atoms with Crippen LogP contribution in [-0.2, 0) is 16.3 Å². The smallest absolute Gasteiger partial charge is 0.154 e. The van der Waals surface area contributed by atoms with Crippen molar-refractivity contribution in [3.8, 4) is 0 Å². The normalized spacial score (nSPS) is 23.6. The molecule has 1 saturated heterocycles. The molecule has 1 aliphatic heterocycles. The van der Waals surface area contributed by atoms with Crippen LogP contribution < -0.4 is 5.32 Å². The summed E-state index contributed by atoms with van der Waals surface area (Å²) in [5, 5.41) is 6.28. The maximum absolute atomic E-state index is 12.3. The van der Waals surface area contributed by atoms with Gasteiger partial charge in [-0.05, 0) is 32.7 Å². The molecule has 0 aromatic carbocycles. The van der Waals surface area contributed by atoms with Crippen molar-refractivity contribution in [1.82, 2.24) is 10.3 Å². The van der Waals surface area contributed by atoms with Crippen LogP contribution in [0.5, 0.6) is 0 Å². The fourth-order valence-electron chi connectivity index (χ4n) is 2.82. The van der Waals surface area contributed by atoms with Gasteiger partial charge in [0, 0.05) is 17.8 Å². The number of aromatic nitrogens is 1. The topological polar surface area (TPSA) is 59.1 Å². The lowest BCUT2D eigenvalue weighted by Crippen LogP contribution is -2.48.